The Labute approximate surface area is 125 Å². The first-order valence-electron chi connectivity index (χ1n) is 6.73. The lowest BCUT2D eigenvalue weighted by atomic mass is 10.1. The van der Waals surface area contributed by atoms with E-state index in [1.54, 1.807) is 11.5 Å². The molecule has 22 heavy (non-hydrogen) atoms. The molecule has 1 unspecified atom stereocenters. The van der Waals surface area contributed by atoms with E-state index in [0.717, 1.165) is 5.69 Å². The molecule has 0 aliphatic carbocycles. The lowest BCUT2D eigenvalue weighted by Gasteiger charge is -2.17. The van der Waals surface area contributed by atoms with Crippen molar-refractivity contribution in [3.8, 4) is 0 Å². The second-order valence-corrected chi connectivity index (χ2v) is 5.11. The maximum Gasteiger partial charge on any atom is 0.165 e. The minimum absolute atomic E-state index is 0.380. The Kier molecular flexibility index (Phi) is 3.67. The van der Waals surface area contributed by atoms with Gasteiger partial charge in [-0.2, -0.15) is 0 Å². The summed E-state index contributed by atoms with van der Waals surface area (Å²) < 4.78 is 7.21. The van der Waals surface area contributed by atoms with Gasteiger partial charge in [0.2, 0.25) is 0 Å². The maximum atomic E-state index is 10.1. The van der Waals surface area contributed by atoms with Crippen LogP contribution in [-0.2, 0) is 4.74 Å². The number of azide groups is 1. The second kappa shape index (κ2) is 5.50. The first kappa shape index (κ1) is 14.7. The molecule has 10 heteroatoms. The topological polar surface area (TPSA) is 142 Å². The number of aryl methyl sites for hydroxylation is 2. The number of fused-ring (bicyclic) bond motifs is 1. The van der Waals surface area contributed by atoms with Crippen LogP contribution in [0.15, 0.2) is 11.4 Å². The molecular weight excluding hydrogens is 290 g/mol. The average Bonchev–Trinajstić information content (AvgIpc) is 3.02. The highest BCUT2D eigenvalue weighted by Gasteiger charge is 2.44. The molecule has 0 spiro atoms. The summed E-state index contributed by atoms with van der Waals surface area (Å²) >= 11 is 0. The van der Waals surface area contributed by atoms with Crippen molar-refractivity contribution in [1.82, 2.24) is 19.5 Å². The summed E-state index contributed by atoms with van der Waals surface area (Å²) in [6, 6.07) is -0.880. The number of ether oxygens (including phenoxy) is 1. The zero-order chi connectivity index (χ0) is 15.9. The summed E-state index contributed by atoms with van der Waals surface area (Å²) in [6.07, 6.45) is -1.22. The Morgan fingerprint density at radius 3 is 2.91 bits per heavy atom. The van der Waals surface area contributed by atoms with E-state index in [1.807, 2.05) is 6.92 Å². The normalized spacial score (nSPS) is 28.0. The van der Waals surface area contributed by atoms with Crippen molar-refractivity contribution in [2.45, 2.75) is 38.3 Å². The molecule has 3 rings (SSSR count). The second-order valence-electron chi connectivity index (χ2n) is 5.11. The standard InChI is InChI=1S/C12H15N7O3/c1-5-8-11(16-6(2)15-5)19(4-14-8)12-9(17-18-13)10(21)7(3-20)22-12/h4,7,9-10,12,20-21H,3H2,1-2H3/t7-,9+,10?,12-/m1/s1. The highest BCUT2D eigenvalue weighted by molar-refractivity contribution is 5.73. The fraction of sp³-hybridized carbons (Fsp3) is 0.583. The molecule has 2 aromatic rings. The van der Waals surface area contributed by atoms with E-state index in [0.29, 0.717) is 17.0 Å². The predicted molar refractivity (Wildman–Crippen MR) is 74.7 cm³/mol. The third kappa shape index (κ3) is 2.18. The largest absolute Gasteiger partial charge is 0.394 e. The number of imidazole rings is 1. The molecule has 10 nitrogen and oxygen atoms in total. The summed E-state index contributed by atoms with van der Waals surface area (Å²) in [5, 5.41) is 23.0. The van der Waals surface area contributed by atoms with Crippen LogP contribution in [0.5, 0.6) is 0 Å². The van der Waals surface area contributed by atoms with Crippen molar-refractivity contribution in [2.24, 2.45) is 5.11 Å². The van der Waals surface area contributed by atoms with Crippen molar-refractivity contribution in [3.63, 3.8) is 0 Å². The molecule has 0 amide bonds. The van der Waals surface area contributed by atoms with E-state index in [2.05, 4.69) is 25.0 Å². The molecule has 4 atom stereocenters. The molecule has 1 aliphatic heterocycles. The molecular formula is C12H15N7O3. The zero-order valence-electron chi connectivity index (χ0n) is 12.0. The van der Waals surface area contributed by atoms with Crippen LogP contribution >= 0.6 is 0 Å². The summed E-state index contributed by atoms with van der Waals surface area (Å²) in [5.41, 5.74) is 10.6. The van der Waals surface area contributed by atoms with Crippen LogP contribution < -0.4 is 0 Å². The van der Waals surface area contributed by atoms with Crippen LogP contribution in [0.4, 0.5) is 0 Å². The molecule has 0 bridgehead atoms. The number of hydrogen-bond donors (Lipinski definition) is 2. The Balaban J connectivity index is 2.11. The highest BCUT2D eigenvalue weighted by atomic mass is 16.5. The lowest BCUT2D eigenvalue weighted by Crippen LogP contribution is -2.31. The molecule has 2 aromatic heterocycles. The van der Waals surface area contributed by atoms with Crippen LogP contribution in [0.2, 0.25) is 0 Å². The van der Waals surface area contributed by atoms with Crippen LogP contribution in [0.3, 0.4) is 0 Å². The molecule has 2 N–H and O–H groups in total. The Morgan fingerprint density at radius 1 is 1.45 bits per heavy atom. The lowest BCUT2D eigenvalue weighted by molar-refractivity contribution is -0.0437. The minimum atomic E-state index is -1.10. The molecule has 3 heterocycles. The molecule has 0 aromatic carbocycles. The third-order valence-corrected chi connectivity index (χ3v) is 3.68. The molecule has 1 saturated heterocycles. The zero-order valence-corrected chi connectivity index (χ0v) is 12.0. The van der Waals surface area contributed by atoms with Gasteiger partial charge in [-0.05, 0) is 19.4 Å². The minimum Gasteiger partial charge on any atom is -0.394 e. The van der Waals surface area contributed by atoms with E-state index in [9.17, 15) is 10.2 Å². The molecule has 0 radical (unpaired) electrons. The predicted octanol–water partition coefficient (Wildman–Crippen LogP) is 0.373. The number of rotatable bonds is 3. The van der Waals surface area contributed by atoms with Gasteiger partial charge in [0.25, 0.3) is 0 Å². The molecule has 0 saturated carbocycles. The molecule has 1 fully saturated rings. The Morgan fingerprint density at radius 2 is 2.23 bits per heavy atom. The van der Waals surface area contributed by atoms with Gasteiger partial charge in [-0.3, -0.25) is 4.57 Å². The quantitative estimate of drug-likeness (QED) is 0.476. The summed E-state index contributed by atoms with van der Waals surface area (Å²) in [4.78, 5) is 15.6. The van der Waals surface area contributed by atoms with Crippen molar-refractivity contribution < 1.29 is 14.9 Å². The molecule has 116 valence electrons. The fourth-order valence-corrected chi connectivity index (χ4v) is 2.68. The number of aromatic nitrogens is 4. The van der Waals surface area contributed by atoms with Crippen LogP contribution in [0.1, 0.15) is 17.7 Å². The Hall–Kier alpha value is -2.26. The van der Waals surface area contributed by atoms with Gasteiger partial charge in [-0.15, -0.1) is 0 Å². The van der Waals surface area contributed by atoms with E-state index in [4.69, 9.17) is 10.3 Å². The van der Waals surface area contributed by atoms with E-state index in [1.165, 1.54) is 6.33 Å². The van der Waals surface area contributed by atoms with Gasteiger partial charge in [-0.1, -0.05) is 5.11 Å². The van der Waals surface area contributed by atoms with Gasteiger partial charge in [0.1, 0.15) is 29.7 Å². The van der Waals surface area contributed by atoms with Crippen molar-refractivity contribution >= 4 is 11.2 Å². The summed E-state index contributed by atoms with van der Waals surface area (Å²) in [5.74, 6) is 0.573. The van der Waals surface area contributed by atoms with Gasteiger partial charge in [-0.25, -0.2) is 15.0 Å². The monoisotopic (exact) mass is 305 g/mol. The number of nitrogens with zero attached hydrogens (tertiary/aromatic N) is 7. The maximum absolute atomic E-state index is 10.1. The summed E-state index contributed by atoms with van der Waals surface area (Å²) in [7, 11) is 0. The average molecular weight is 305 g/mol. The summed E-state index contributed by atoms with van der Waals surface area (Å²) in [6.45, 7) is 3.20. The first-order valence-corrected chi connectivity index (χ1v) is 6.73. The van der Waals surface area contributed by atoms with Crippen molar-refractivity contribution in [1.29, 1.82) is 0 Å². The first-order chi connectivity index (χ1) is 10.6. The van der Waals surface area contributed by atoms with Crippen LogP contribution in [-0.4, -0.2) is 54.6 Å². The number of aliphatic hydroxyl groups excluding tert-OH is 2. The van der Waals surface area contributed by atoms with Gasteiger partial charge in [0, 0.05) is 4.91 Å². The Bertz CT molecular complexity index is 755. The fourth-order valence-electron chi connectivity index (χ4n) is 2.68. The van der Waals surface area contributed by atoms with Gasteiger partial charge in [0.05, 0.1) is 24.7 Å². The molecule has 1 aliphatic rings. The van der Waals surface area contributed by atoms with Gasteiger partial charge in [0.15, 0.2) is 5.65 Å². The van der Waals surface area contributed by atoms with Crippen LogP contribution in [0, 0.1) is 13.8 Å². The SMILES string of the molecule is Cc1nc(C)c2ncn([C@@H]3O[C@H](CO)C(O)[C@@H]3N=[N+]=[N-])c2n1. The van der Waals surface area contributed by atoms with Gasteiger partial charge >= 0.3 is 0 Å². The van der Waals surface area contributed by atoms with E-state index < -0.39 is 24.5 Å². The van der Waals surface area contributed by atoms with E-state index in [-0.39, 0.29) is 6.61 Å². The number of hydrogen-bond acceptors (Lipinski definition) is 7. The van der Waals surface area contributed by atoms with Crippen LogP contribution in [0.25, 0.3) is 21.6 Å². The van der Waals surface area contributed by atoms with Gasteiger partial charge < -0.3 is 14.9 Å². The third-order valence-electron chi connectivity index (χ3n) is 3.68. The smallest absolute Gasteiger partial charge is 0.165 e. The number of aliphatic hydroxyl groups is 2. The highest BCUT2D eigenvalue weighted by Crippen LogP contribution is 2.33. The van der Waals surface area contributed by atoms with Crippen molar-refractivity contribution in [3.05, 3.63) is 28.3 Å². The van der Waals surface area contributed by atoms with E-state index >= 15 is 0 Å². The van der Waals surface area contributed by atoms with Crippen molar-refractivity contribution in [2.75, 3.05) is 6.61 Å².